The number of benzene rings is 1. The molecule has 0 bridgehead atoms. The van der Waals surface area contributed by atoms with E-state index in [-0.39, 0.29) is 6.10 Å². The predicted octanol–water partition coefficient (Wildman–Crippen LogP) is 2.53. The van der Waals surface area contributed by atoms with E-state index in [0.717, 1.165) is 5.56 Å². The summed E-state index contributed by atoms with van der Waals surface area (Å²) in [5.41, 5.74) is 0.952. The zero-order chi connectivity index (χ0) is 9.68. The van der Waals surface area contributed by atoms with Gasteiger partial charge in [0, 0.05) is 0 Å². The summed E-state index contributed by atoms with van der Waals surface area (Å²) in [5, 5.41) is 0. The molecular weight excluding hydrogens is 168 g/mol. The molecule has 1 aromatic rings. The Morgan fingerprint density at radius 3 is 2.46 bits per heavy atom. The SMILES string of the molecule is COC(=O)O[C@@H](C)c1ccccc1. The van der Waals surface area contributed by atoms with Crippen molar-refractivity contribution < 1.29 is 14.3 Å². The van der Waals surface area contributed by atoms with Crippen LogP contribution >= 0.6 is 0 Å². The summed E-state index contributed by atoms with van der Waals surface area (Å²) in [4.78, 5) is 10.8. The van der Waals surface area contributed by atoms with Crippen LogP contribution in [-0.4, -0.2) is 13.3 Å². The molecule has 0 aromatic heterocycles. The highest BCUT2D eigenvalue weighted by molar-refractivity contribution is 5.60. The number of hydrogen-bond donors (Lipinski definition) is 0. The van der Waals surface area contributed by atoms with Crippen molar-refractivity contribution in [2.24, 2.45) is 0 Å². The molecule has 3 heteroatoms. The lowest BCUT2D eigenvalue weighted by Crippen LogP contribution is -2.08. The molecule has 0 heterocycles. The first-order valence-corrected chi connectivity index (χ1v) is 4.03. The third kappa shape index (κ3) is 2.78. The second-order valence-corrected chi connectivity index (χ2v) is 2.62. The maximum Gasteiger partial charge on any atom is 0.508 e. The summed E-state index contributed by atoms with van der Waals surface area (Å²) >= 11 is 0. The lowest BCUT2D eigenvalue weighted by atomic mass is 10.1. The van der Waals surface area contributed by atoms with Gasteiger partial charge in [-0.2, -0.15) is 0 Å². The molecule has 0 fully saturated rings. The van der Waals surface area contributed by atoms with E-state index in [0.29, 0.717) is 0 Å². The van der Waals surface area contributed by atoms with E-state index in [1.54, 1.807) is 6.92 Å². The van der Waals surface area contributed by atoms with Crippen molar-refractivity contribution in [3.05, 3.63) is 35.9 Å². The van der Waals surface area contributed by atoms with Gasteiger partial charge in [0.05, 0.1) is 7.11 Å². The summed E-state index contributed by atoms with van der Waals surface area (Å²) in [6.07, 6.45) is -0.926. The normalized spacial score (nSPS) is 11.8. The molecule has 1 atom stereocenters. The van der Waals surface area contributed by atoms with Gasteiger partial charge in [0.25, 0.3) is 0 Å². The molecular formula is C10H12O3. The van der Waals surface area contributed by atoms with Crippen molar-refractivity contribution in [2.75, 3.05) is 7.11 Å². The Labute approximate surface area is 77.3 Å². The standard InChI is InChI=1S/C10H12O3/c1-8(13-10(11)12-2)9-6-4-3-5-7-9/h3-8H,1-2H3/t8-/m0/s1. The van der Waals surface area contributed by atoms with Gasteiger partial charge in [0.2, 0.25) is 0 Å². The zero-order valence-electron chi connectivity index (χ0n) is 7.69. The smallest absolute Gasteiger partial charge is 0.438 e. The second-order valence-electron chi connectivity index (χ2n) is 2.62. The Morgan fingerprint density at radius 1 is 1.31 bits per heavy atom. The van der Waals surface area contributed by atoms with Crippen molar-refractivity contribution in [2.45, 2.75) is 13.0 Å². The molecule has 0 saturated heterocycles. The highest BCUT2D eigenvalue weighted by atomic mass is 16.7. The Bertz CT molecular complexity index is 269. The molecule has 0 N–H and O–H groups in total. The number of ether oxygens (including phenoxy) is 2. The van der Waals surface area contributed by atoms with Crippen molar-refractivity contribution in [3.8, 4) is 0 Å². The first kappa shape index (κ1) is 9.58. The minimum absolute atomic E-state index is 0.270. The van der Waals surface area contributed by atoms with E-state index in [1.807, 2.05) is 30.3 Å². The molecule has 0 amide bonds. The van der Waals surface area contributed by atoms with Gasteiger partial charge in [-0.1, -0.05) is 30.3 Å². The van der Waals surface area contributed by atoms with Crippen molar-refractivity contribution in [1.29, 1.82) is 0 Å². The minimum Gasteiger partial charge on any atom is -0.438 e. The third-order valence-corrected chi connectivity index (χ3v) is 1.71. The summed E-state index contributed by atoms with van der Waals surface area (Å²) in [6.45, 7) is 1.80. The van der Waals surface area contributed by atoms with Crippen LogP contribution in [0.15, 0.2) is 30.3 Å². The monoisotopic (exact) mass is 180 g/mol. The lowest BCUT2D eigenvalue weighted by molar-refractivity contribution is 0.0430. The lowest BCUT2D eigenvalue weighted by Gasteiger charge is -2.11. The second kappa shape index (κ2) is 4.50. The van der Waals surface area contributed by atoms with Crippen LogP contribution in [0.3, 0.4) is 0 Å². The van der Waals surface area contributed by atoms with Crippen LogP contribution in [0.1, 0.15) is 18.6 Å². The predicted molar refractivity (Wildman–Crippen MR) is 48.3 cm³/mol. The van der Waals surface area contributed by atoms with Gasteiger partial charge in [0.15, 0.2) is 0 Å². The molecule has 3 nitrogen and oxygen atoms in total. The topological polar surface area (TPSA) is 35.5 Å². The first-order chi connectivity index (χ1) is 6.24. The van der Waals surface area contributed by atoms with Gasteiger partial charge in [-0.25, -0.2) is 4.79 Å². The van der Waals surface area contributed by atoms with E-state index in [1.165, 1.54) is 7.11 Å². The average Bonchev–Trinajstić information content (AvgIpc) is 2.19. The molecule has 0 aliphatic heterocycles. The maximum atomic E-state index is 10.8. The maximum absolute atomic E-state index is 10.8. The number of carbonyl (C=O) groups is 1. The number of hydrogen-bond acceptors (Lipinski definition) is 3. The van der Waals surface area contributed by atoms with Gasteiger partial charge >= 0.3 is 6.16 Å². The van der Waals surface area contributed by atoms with Crippen LogP contribution in [0.5, 0.6) is 0 Å². The van der Waals surface area contributed by atoms with Crippen molar-refractivity contribution >= 4 is 6.16 Å². The molecule has 70 valence electrons. The molecule has 0 spiro atoms. The van der Waals surface area contributed by atoms with E-state index in [9.17, 15) is 4.79 Å². The Morgan fingerprint density at radius 2 is 1.92 bits per heavy atom. The molecule has 0 aliphatic rings. The molecule has 0 radical (unpaired) electrons. The van der Waals surface area contributed by atoms with Gasteiger partial charge < -0.3 is 9.47 Å². The van der Waals surface area contributed by atoms with E-state index < -0.39 is 6.16 Å². The molecule has 1 rings (SSSR count). The van der Waals surface area contributed by atoms with Gasteiger partial charge in [-0.05, 0) is 12.5 Å². The molecule has 0 aliphatic carbocycles. The van der Waals surface area contributed by atoms with E-state index >= 15 is 0 Å². The van der Waals surface area contributed by atoms with Crippen molar-refractivity contribution in [1.82, 2.24) is 0 Å². The number of methoxy groups -OCH3 is 1. The Balaban J connectivity index is 2.59. The Kier molecular flexibility index (Phi) is 3.31. The molecule has 1 aromatic carbocycles. The average molecular weight is 180 g/mol. The van der Waals surface area contributed by atoms with Crippen molar-refractivity contribution in [3.63, 3.8) is 0 Å². The zero-order valence-corrected chi connectivity index (χ0v) is 7.69. The summed E-state index contributed by atoms with van der Waals surface area (Å²) in [5.74, 6) is 0. The third-order valence-electron chi connectivity index (χ3n) is 1.71. The number of rotatable bonds is 2. The summed E-state index contributed by atoms with van der Waals surface area (Å²) in [7, 11) is 1.29. The number of carbonyl (C=O) groups excluding carboxylic acids is 1. The minimum atomic E-state index is -0.656. The quantitative estimate of drug-likeness (QED) is 0.656. The van der Waals surface area contributed by atoms with Gasteiger partial charge in [-0.15, -0.1) is 0 Å². The molecule has 13 heavy (non-hydrogen) atoms. The van der Waals surface area contributed by atoms with E-state index in [2.05, 4.69) is 4.74 Å². The fourth-order valence-corrected chi connectivity index (χ4v) is 0.985. The van der Waals surface area contributed by atoms with Crippen LogP contribution < -0.4 is 0 Å². The van der Waals surface area contributed by atoms with Crippen LogP contribution in [0.4, 0.5) is 4.79 Å². The highest BCUT2D eigenvalue weighted by Crippen LogP contribution is 2.15. The van der Waals surface area contributed by atoms with Crippen LogP contribution in [0.2, 0.25) is 0 Å². The summed E-state index contributed by atoms with van der Waals surface area (Å²) in [6, 6.07) is 9.49. The van der Waals surface area contributed by atoms with E-state index in [4.69, 9.17) is 4.74 Å². The molecule has 0 unspecified atom stereocenters. The largest absolute Gasteiger partial charge is 0.508 e. The summed E-state index contributed by atoms with van der Waals surface area (Å²) < 4.78 is 9.31. The first-order valence-electron chi connectivity index (χ1n) is 4.03. The highest BCUT2D eigenvalue weighted by Gasteiger charge is 2.10. The van der Waals surface area contributed by atoms with Crippen LogP contribution in [-0.2, 0) is 9.47 Å². The fraction of sp³-hybridized carbons (Fsp3) is 0.300. The molecule has 0 saturated carbocycles. The van der Waals surface area contributed by atoms with Crippen LogP contribution in [0.25, 0.3) is 0 Å². The fourth-order valence-electron chi connectivity index (χ4n) is 0.985. The Hall–Kier alpha value is -1.51. The van der Waals surface area contributed by atoms with Gasteiger partial charge in [0.1, 0.15) is 6.10 Å². The van der Waals surface area contributed by atoms with Crippen LogP contribution in [0, 0.1) is 0 Å². The van der Waals surface area contributed by atoms with Gasteiger partial charge in [-0.3, -0.25) is 0 Å².